The van der Waals surface area contributed by atoms with Gasteiger partial charge in [-0.3, -0.25) is 9.69 Å². The third-order valence-electron chi connectivity index (χ3n) is 4.13. The molecule has 20 heavy (non-hydrogen) atoms. The zero-order valence-electron chi connectivity index (χ0n) is 12.8. The third kappa shape index (κ3) is 5.04. The van der Waals surface area contributed by atoms with Crippen molar-refractivity contribution >= 4 is 5.91 Å². The minimum atomic E-state index is 0.248. The van der Waals surface area contributed by atoms with Crippen LogP contribution in [0.4, 0.5) is 0 Å². The Bertz CT molecular complexity index is 293. The number of rotatable bonds is 6. The number of ether oxygens (including phenoxy) is 1. The summed E-state index contributed by atoms with van der Waals surface area (Å²) in [6.07, 6.45) is 4.96. The molecule has 0 aliphatic carbocycles. The normalized spacial score (nSPS) is 24.9. The maximum absolute atomic E-state index is 12.1. The number of amides is 1. The Hall–Kier alpha value is -0.650. The Morgan fingerprint density at radius 2 is 2.15 bits per heavy atom. The molecule has 0 bridgehead atoms. The molecule has 1 N–H and O–H groups in total. The molecule has 116 valence electrons. The zero-order valence-corrected chi connectivity index (χ0v) is 12.8. The van der Waals surface area contributed by atoms with Crippen molar-refractivity contribution in [3.05, 3.63) is 0 Å². The number of carbonyl (C=O) groups excluding carboxylic acids is 1. The van der Waals surface area contributed by atoms with Gasteiger partial charge in [0.2, 0.25) is 5.91 Å². The van der Waals surface area contributed by atoms with Crippen LogP contribution >= 0.6 is 0 Å². The summed E-state index contributed by atoms with van der Waals surface area (Å²) < 4.78 is 5.70. The van der Waals surface area contributed by atoms with Gasteiger partial charge in [-0.25, -0.2) is 0 Å². The summed E-state index contributed by atoms with van der Waals surface area (Å²) in [6.45, 7) is 9.32. The molecule has 2 aliphatic rings. The maximum Gasteiger partial charge on any atom is 0.236 e. The van der Waals surface area contributed by atoms with E-state index in [1.54, 1.807) is 0 Å². The SMILES string of the molecule is CCCNCC(=O)N1CCCN(CC2CCCO2)CC1. The molecule has 1 amide bonds. The van der Waals surface area contributed by atoms with E-state index in [-0.39, 0.29) is 5.91 Å². The molecule has 5 nitrogen and oxygen atoms in total. The number of carbonyl (C=O) groups is 1. The van der Waals surface area contributed by atoms with Crippen LogP contribution in [0.15, 0.2) is 0 Å². The van der Waals surface area contributed by atoms with Crippen LogP contribution in [-0.4, -0.2) is 74.2 Å². The largest absolute Gasteiger partial charge is 0.377 e. The highest BCUT2D eigenvalue weighted by molar-refractivity contribution is 5.78. The standard InChI is InChI=1S/C15H29N3O2/c1-2-6-16-12-15(19)18-8-4-7-17(9-10-18)13-14-5-3-11-20-14/h14,16H,2-13H2,1H3. The minimum absolute atomic E-state index is 0.248. The minimum Gasteiger partial charge on any atom is -0.377 e. The highest BCUT2D eigenvalue weighted by Crippen LogP contribution is 2.14. The Morgan fingerprint density at radius 1 is 1.25 bits per heavy atom. The van der Waals surface area contributed by atoms with Crippen LogP contribution in [0.2, 0.25) is 0 Å². The van der Waals surface area contributed by atoms with Gasteiger partial charge in [-0.05, 0) is 38.8 Å². The average Bonchev–Trinajstić information content (AvgIpc) is 2.84. The Balaban J connectivity index is 1.69. The molecular weight excluding hydrogens is 254 g/mol. The van der Waals surface area contributed by atoms with Gasteiger partial charge in [0.1, 0.15) is 0 Å². The summed E-state index contributed by atoms with van der Waals surface area (Å²) in [4.78, 5) is 16.6. The van der Waals surface area contributed by atoms with Gasteiger partial charge in [0, 0.05) is 32.8 Å². The van der Waals surface area contributed by atoms with E-state index >= 15 is 0 Å². The predicted octanol–water partition coefficient (Wildman–Crippen LogP) is 0.699. The molecule has 2 fully saturated rings. The fraction of sp³-hybridized carbons (Fsp3) is 0.933. The van der Waals surface area contributed by atoms with Crippen LogP contribution < -0.4 is 5.32 Å². The van der Waals surface area contributed by atoms with E-state index in [4.69, 9.17) is 4.74 Å². The Morgan fingerprint density at radius 3 is 2.90 bits per heavy atom. The lowest BCUT2D eigenvalue weighted by Crippen LogP contribution is -2.41. The van der Waals surface area contributed by atoms with Crippen molar-refractivity contribution in [3.63, 3.8) is 0 Å². The second-order valence-corrected chi connectivity index (χ2v) is 5.85. The van der Waals surface area contributed by atoms with E-state index < -0.39 is 0 Å². The van der Waals surface area contributed by atoms with Crippen molar-refractivity contribution in [2.45, 2.75) is 38.7 Å². The first-order valence-corrected chi connectivity index (χ1v) is 8.12. The molecule has 2 heterocycles. The lowest BCUT2D eigenvalue weighted by molar-refractivity contribution is -0.130. The first-order valence-electron chi connectivity index (χ1n) is 8.12. The van der Waals surface area contributed by atoms with Gasteiger partial charge < -0.3 is 15.0 Å². The molecule has 1 unspecified atom stereocenters. The number of nitrogens with one attached hydrogen (secondary N) is 1. The zero-order chi connectivity index (χ0) is 14.2. The van der Waals surface area contributed by atoms with Gasteiger partial charge in [-0.15, -0.1) is 0 Å². The summed E-state index contributed by atoms with van der Waals surface area (Å²) in [5, 5.41) is 3.20. The molecule has 0 aromatic heterocycles. The smallest absolute Gasteiger partial charge is 0.236 e. The van der Waals surface area contributed by atoms with Crippen LogP contribution in [-0.2, 0) is 9.53 Å². The van der Waals surface area contributed by atoms with Crippen molar-refractivity contribution in [1.29, 1.82) is 0 Å². The first kappa shape index (κ1) is 15.7. The van der Waals surface area contributed by atoms with E-state index in [1.165, 1.54) is 12.8 Å². The molecular formula is C15H29N3O2. The summed E-state index contributed by atoms with van der Waals surface area (Å²) in [5.41, 5.74) is 0. The summed E-state index contributed by atoms with van der Waals surface area (Å²) in [5.74, 6) is 0.248. The van der Waals surface area contributed by atoms with Crippen molar-refractivity contribution in [2.24, 2.45) is 0 Å². The van der Waals surface area contributed by atoms with Crippen LogP contribution in [0, 0.1) is 0 Å². The highest BCUT2D eigenvalue weighted by Gasteiger charge is 2.22. The van der Waals surface area contributed by atoms with E-state index in [0.29, 0.717) is 12.6 Å². The predicted molar refractivity (Wildman–Crippen MR) is 79.8 cm³/mol. The molecule has 1 atom stereocenters. The lowest BCUT2D eigenvalue weighted by Gasteiger charge is -2.24. The molecule has 0 spiro atoms. The van der Waals surface area contributed by atoms with Gasteiger partial charge in [0.15, 0.2) is 0 Å². The molecule has 0 aromatic rings. The van der Waals surface area contributed by atoms with Gasteiger partial charge in [-0.1, -0.05) is 6.92 Å². The number of hydrogen-bond donors (Lipinski definition) is 1. The third-order valence-corrected chi connectivity index (χ3v) is 4.13. The maximum atomic E-state index is 12.1. The Kier molecular flexibility index (Phi) is 6.76. The fourth-order valence-electron chi connectivity index (χ4n) is 2.96. The van der Waals surface area contributed by atoms with Gasteiger partial charge in [0.25, 0.3) is 0 Å². The number of hydrogen-bond acceptors (Lipinski definition) is 4. The molecule has 2 rings (SSSR count). The van der Waals surface area contributed by atoms with Crippen molar-refractivity contribution in [3.8, 4) is 0 Å². The molecule has 0 radical (unpaired) electrons. The monoisotopic (exact) mass is 283 g/mol. The molecule has 5 heteroatoms. The summed E-state index contributed by atoms with van der Waals surface area (Å²) >= 11 is 0. The van der Waals surface area contributed by atoms with Crippen molar-refractivity contribution < 1.29 is 9.53 Å². The van der Waals surface area contributed by atoms with Crippen molar-refractivity contribution in [2.75, 3.05) is 52.4 Å². The molecule has 0 saturated carbocycles. The van der Waals surface area contributed by atoms with Gasteiger partial charge in [-0.2, -0.15) is 0 Å². The van der Waals surface area contributed by atoms with Crippen molar-refractivity contribution in [1.82, 2.24) is 15.1 Å². The van der Waals surface area contributed by atoms with Crippen LogP contribution in [0.25, 0.3) is 0 Å². The van der Waals surface area contributed by atoms with Crippen LogP contribution in [0.3, 0.4) is 0 Å². The average molecular weight is 283 g/mol. The molecule has 0 aromatic carbocycles. The van der Waals surface area contributed by atoms with Gasteiger partial charge >= 0.3 is 0 Å². The second-order valence-electron chi connectivity index (χ2n) is 5.85. The molecule has 2 aliphatic heterocycles. The second kappa shape index (κ2) is 8.60. The first-order chi connectivity index (χ1) is 9.79. The molecule has 2 saturated heterocycles. The quantitative estimate of drug-likeness (QED) is 0.729. The van der Waals surface area contributed by atoms with E-state index in [2.05, 4.69) is 17.1 Å². The highest BCUT2D eigenvalue weighted by atomic mass is 16.5. The summed E-state index contributed by atoms with van der Waals surface area (Å²) in [7, 11) is 0. The topological polar surface area (TPSA) is 44.8 Å². The van der Waals surface area contributed by atoms with E-state index in [1.807, 2.05) is 4.90 Å². The Labute approximate surface area is 122 Å². The number of nitrogens with zero attached hydrogens (tertiary/aromatic N) is 2. The van der Waals surface area contributed by atoms with Crippen LogP contribution in [0.1, 0.15) is 32.6 Å². The van der Waals surface area contributed by atoms with E-state index in [9.17, 15) is 4.79 Å². The summed E-state index contributed by atoms with van der Waals surface area (Å²) in [6, 6.07) is 0. The van der Waals surface area contributed by atoms with Gasteiger partial charge in [0.05, 0.1) is 12.6 Å². The lowest BCUT2D eigenvalue weighted by atomic mass is 10.2. The van der Waals surface area contributed by atoms with E-state index in [0.717, 1.165) is 58.7 Å². The fourth-order valence-corrected chi connectivity index (χ4v) is 2.96. The van der Waals surface area contributed by atoms with Crippen LogP contribution in [0.5, 0.6) is 0 Å².